The highest BCUT2D eigenvalue weighted by atomic mass is 16.5. The van der Waals surface area contributed by atoms with Gasteiger partial charge >= 0.3 is 0 Å². The highest BCUT2D eigenvalue weighted by Gasteiger charge is 2.33. The molecular formula is C45H76N16O9. The molecule has 70 heavy (non-hydrogen) atoms. The normalized spacial score (nSPS) is 12.8. The summed E-state index contributed by atoms with van der Waals surface area (Å²) in [4.78, 5) is 122. The zero-order valence-corrected chi connectivity index (χ0v) is 40.7. The van der Waals surface area contributed by atoms with E-state index in [0.29, 0.717) is 17.5 Å². The summed E-state index contributed by atoms with van der Waals surface area (Å²) in [6.07, 6.45) is 0.866. The summed E-state index contributed by atoms with van der Waals surface area (Å²) in [7, 11) is 0. The van der Waals surface area contributed by atoms with E-state index >= 15 is 0 Å². The molecule has 1 aromatic rings. The highest BCUT2D eigenvalue weighted by Crippen LogP contribution is 2.20. The van der Waals surface area contributed by atoms with Crippen molar-refractivity contribution in [2.45, 2.75) is 116 Å². The quantitative estimate of drug-likeness (QED) is 0.0141. The molecule has 1 unspecified atom stereocenters. The molecule has 0 bridgehead atoms. The second-order valence-electron chi connectivity index (χ2n) is 16.6. The van der Waals surface area contributed by atoms with E-state index in [9.17, 15) is 38.4 Å². The summed E-state index contributed by atoms with van der Waals surface area (Å²) in [5.74, 6) is -6.40. The van der Waals surface area contributed by atoms with E-state index in [-0.39, 0.29) is 145 Å². The average molecular weight is 985 g/mol. The predicted molar refractivity (Wildman–Crippen MR) is 267 cm³/mol. The van der Waals surface area contributed by atoms with Gasteiger partial charge in [0.2, 0.25) is 23.6 Å². The van der Waals surface area contributed by atoms with Crippen LogP contribution in [0, 0.1) is 11.8 Å². The number of hydrogen-bond acceptors (Lipinski definition) is 13. The molecule has 0 aliphatic carbocycles. The van der Waals surface area contributed by atoms with Gasteiger partial charge in [0.05, 0.1) is 24.7 Å². The molecule has 25 heteroatoms. The number of ketones is 4. The number of ether oxygens (including phenoxy) is 1. The Labute approximate surface area is 409 Å². The van der Waals surface area contributed by atoms with Crippen molar-refractivity contribution in [2.75, 3.05) is 45.9 Å². The van der Waals surface area contributed by atoms with Gasteiger partial charge < -0.3 is 71.9 Å². The van der Waals surface area contributed by atoms with Crippen LogP contribution in [0.5, 0.6) is 0 Å². The molecule has 1 aromatic carbocycles. The number of carbonyl (C=O) groups excluding carboxylic acids is 8. The fraction of sp³-hybridized carbons (Fsp3) is 0.600. The summed E-state index contributed by atoms with van der Waals surface area (Å²) in [5, 5.41) is 10.9. The van der Waals surface area contributed by atoms with E-state index in [2.05, 4.69) is 41.2 Å². The zero-order valence-electron chi connectivity index (χ0n) is 40.7. The molecule has 390 valence electrons. The molecule has 0 aliphatic rings. The number of Topliss-reactive ketones (excluding diaryl/α,β-unsaturated/α-hetero) is 4. The van der Waals surface area contributed by atoms with Crippen LogP contribution in [0.1, 0.15) is 107 Å². The van der Waals surface area contributed by atoms with Crippen molar-refractivity contribution in [3.8, 4) is 0 Å². The van der Waals surface area contributed by atoms with E-state index in [4.69, 9.17) is 50.6 Å². The topological polar surface area (TPSA) is 452 Å². The number of nitrogens with two attached hydrogens (primary N) is 8. The Kier molecular flexibility index (Phi) is 29.7. The van der Waals surface area contributed by atoms with Crippen LogP contribution in [0.2, 0.25) is 0 Å². The summed E-state index contributed by atoms with van der Waals surface area (Å²) in [5.41, 5.74) is 45.1. The Hall–Kier alpha value is -7.18. The number of amides is 4. The van der Waals surface area contributed by atoms with E-state index in [1.54, 1.807) is 31.2 Å². The fourth-order valence-electron chi connectivity index (χ4n) is 7.03. The van der Waals surface area contributed by atoms with E-state index in [1.165, 1.54) is 13.8 Å². The van der Waals surface area contributed by atoms with E-state index < -0.39 is 72.3 Å². The number of rotatable bonds is 37. The summed E-state index contributed by atoms with van der Waals surface area (Å²) < 4.78 is 5.39. The van der Waals surface area contributed by atoms with Crippen molar-refractivity contribution < 1.29 is 43.1 Å². The van der Waals surface area contributed by atoms with Crippen molar-refractivity contribution in [1.29, 1.82) is 0 Å². The van der Waals surface area contributed by atoms with Gasteiger partial charge in [-0.05, 0) is 70.3 Å². The Morgan fingerprint density at radius 2 is 0.971 bits per heavy atom. The summed E-state index contributed by atoms with van der Waals surface area (Å²) >= 11 is 0. The first-order chi connectivity index (χ1) is 33.1. The van der Waals surface area contributed by atoms with Crippen LogP contribution in [0.15, 0.2) is 44.2 Å². The lowest BCUT2D eigenvalue weighted by atomic mass is 9.89. The number of nitrogens with one attached hydrogen (secondary N) is 4. The summed E-state index contributed by atoms with van der Waals surface area (Å²) in [6.45, 7) is 4.69. The molecule has 0 saturated carbocycles. The molecular weight excluding hydrogens is 909 g/mol. The fourth-order valence-corrected chi connectivity index (χ4v) is 7.03. The van der Waals surface area contributed by atoms with Gasteiger partial charge in [-0.25, -0.2) is 0 Å². The smallest absolute Gasteiger partial charge is 0.246 e. The molecule has 5 atom stereocenters. The summed E-state index contributed by atoms with van der Waals surface area (Å²) in [6, 6.07) is 3.21. The van der Waals surface area contributed by atoms with Crippen LogP contribution in [0.3, 0.4) is 0 Å². The Bertz CT molecular complexity index is 1990. The zero-order chi connectivity index (χ0) is 52.6. The maximum atomic E-state index is 14.4. The van der Waals surface area contributed by atoms with Crippen LogP contribution in [-0.2, 0) is 44.7 Å². The van der Waals surface area contributed by atoms with Crippen molar-refractivity contribution in [3.05, 3.63) is 35.4 Å². The molecule has 25 nitrogen and oxygen atoms in total. The standard InChI is InChI=1S/C45H76N16O9/c1-4-36(64)33(11-7-19-57-44(50)51)60-40(68)31(9-5-17-55-42(46)47)24-37(65)34(12-8-20-58-45(52)53)61-41(69)32(10-6-18-56-43(48)49)25-38(66)35(23-29-13-15-30(16-14-29)27(2)62)59-39(67)26-70-22-21-54-28(3)63/h13-16,31-35H,4-12,17-26H2,1-3H3,(H,54,63)(H,59,67)(H,60,68)(H,61,69)(H4,46,47,55)(H4,48,49,56)(H4,50,51,57)(H4,52,53,58)/t31-,32-,33+,34+,35?/m0/s1. The SMILES string of the molecule is CCC(=O)[C@@H](CCCN=C(N)N)NC(=O)[C@@H](CCCN=C(N)N)CC(=O)[C@@H](CCCN=C(N)N)NC(=O)[C@@H](CCCN=C(N)N)CC(=O)C(Cc1ccc(C(C)=O)cc1)NC(=O)COCCNC(C)=O. The van der Waals surface area contributed by atoms with E-state index in [0.717, 1.165) is 0 Å². The predicted octanol–water partition coefficient (Wildman–Crippen LogP) is -2.62. The molecule has 4 amide bonds. The van der Waals surface area contributed by atoms with Crippen molar-refractivity contribution in [3.63, 3.8) is 0 Å². The molecule has 0 aromatic heterocycles. The van der Waals surface area contributed by atoms with E-state index in [1.807, 2.05) is 0 Å². The van der Waals surface area contributed by atoms with Gasteiger partial charge in [-0.3, -0.25) is 58.3 Å². The van der Waals surface area contributed by atoms with Crippen LogP contribution < -0.4 is 67.1 Å². The lowest BCUT2D eigenvalue weighted by molar-refractivity contribution is -0.135. The van der Waals surface area contributed by atoms with Gasteiger partial charge in [0.1, 0.15) is 6.61 Å². The Morgan fingerprint density at radius 3 is 1.37 bits per heavy atom. The Morgan fingerprint density at radius 1 is 0.557 bits per heavy atom. The van der Waals surface area contributed by atoms with Gasteiger partial charge in [-0.15, -0.1) is 0 Å². The largest absolute Gasteiger partial charge is 0.370 e. The first-order valence-corrected chi connectivity index (χ1v) is 23.2. The second-order valence-corrected chi connectivity index (χ2v) is 16.6. The third-order valence-corrected chi connectivity index (χ3v) is 10.7. The highest BCUT2D eigenvalue weighted by molar-refractivity contribution is 5.97. The molecule has 0 radical (unpaired) electrons. The lowest BCUT2D eigenvalue weighted by Crippen LogP contribution is -2.48. The lowest BCUT2D eigenvalue weighted by Gasteiger charge is -2.26. The second kappa shape index (κ2) is 34.2. The maximum absolute atomic E-state index is 14.4. The number of aliphatic imine (C=N–C) groups is 4. The van der Waals surface area contributed by atoms with Crippen LogP contribution in [0.4, 0.5) is 0 Å². The van der Waals surface area contributed by atoms with Crippen LogP contribution in [0.25, 0.3) is 0 Å². The molecule has 0 fully saturated rings. The minimum absolute atomic E-state index is 0.0174. The van der Waals surface area contributed by atoms with Gasteiger partial charge in [0, 0.05) is 76.3 Å². The van der Waals surface area contributed by atoms with Crippen molar-refractivity contribution in [2.24, 2.45) is 77.7 Å². The van der Waals surface area contributed by atoms with Crippen molar-refractivity contribution in [1.82, 2.24) is 21.3 Å². The molecule has 1 rings (SSSR count). The molecule has 0 aliphatic heterocycles. The van der Waals surface area contributed by atoms with Crippen molar-refractivity contribution >= 4 is 70.6 Å². The van der Waals surface area contributed by atoms with Crippen LogP contribution in [-0.4, -0.2) is 135 Å². The minimum atomic E-state index is -1.21. The molecule has 20 N–H and O–H groups in total. The third-order valence-electron chi connectivity index (χ3n) is 10.7. The maximum Gasteiger partial charge on any atom is 0.246 e. The monoisotopic (exact) mass is 985 g/mol. The molecule has 0 saturated heterocycles. The first-order valence-electron chi connectivity index (χ1n) is 23.2. The van der Waals surface area contributed by atoms with Crippen LogP contribution >= 0.6 is 0 Å². The number of benzene rings is 1. The number of carbonyl (C=O) groups is 8. The Balaban J connectivity index is 3.60. The first kappa shape index (κ1) is 60.8. The number of hydrogen-bond donors (Lipinski definition) is 12. The average Bonchev–Trinajstić information content (AvgIpc) is 3.29. The molecule has 0 spiro atoms. The number of nitrogens with zero attached hydrogens (tertiary/aromatic N) is 4. The van der Waals surface area contributed by atoms with Gasteiger partial charge in [-0.2, -0.15) is 0 Å². The molecule has 0 heterocycles. The van der Waals surface area contributed by atoms with Gasteiger partial charge in [-0.1, -0.05) is 31.2 Å². The minimum Gasteiger partial charge on any atom is -0.370 e. The van der Waals surface area contributed by atoms with Gasteiger partial charge in [0.25, 0.3) is 0 Å². The third kappa shape index (κ3) is 27.6. The van der Waals surface area contributed by atoms with Gasteiger partial charge in [0.15, 0.2) is 47.0 Å². The number of guanidine groups is 4.